The first-order chi connectivity index (χ1) is 14.1. The minimum atomic E-state index is -1.33. The molecule has 149 valence electrons. The van der Waals surface area contributed by atoms with Gasteiger partial charge in [-0.25, -0.2) is 4.98 Å². The highest BCUT2D eigenvalue weighted by molar-refractivity contribution is 5.70. The van der Waals surface area contributed by atoms with Crippen LogP contribution < -0.4 is 5.56 Å². The molecule has 4 atom stereocenters. The van der Waals surface area contributed by atoms with Gasteiger partial charge in [-0.2, -0.15) is 9.67 Å². The molecule has 0 spiro atoms. The summed E-state index contributed by atoms with van der Waals surface area (Å²) in [6.45, 7) is -0.468. The number of aliphatic hydroxyl groups excluding tert-OH is 3. The number of rotatable bonds is 4. The van der Waals surface area contributed by atoms with Crippen molar-refractivity contribution in [3.05, 3.63) is 60.2 Å². The van der Waals surface area contributed by atoms with Crippen molar-refractivity contribution in [2.45, 2.75) is 24.5 Å². The predicted molar refractivity (Wildman–Crippen MR) is 95.6 cm³/mol. The molecule has 1 aliphatic heterocycles. The molecule has 0 amide bonds. The van der Waals surface area contributed by atoms with Gasteiger partial charge in [-0.15, -0.1) is 5.10 Å². The Bertz CT molecular complexity index is 1090. The molecule has 3 aromatic rings. The maximum Gasteiger partial charge on any atom is 0.280 e. The lowest BCUT2D eigenvalue weighted by Crippen LogP contribution is -2.33. The lowest BCUT2D eigenvalue weighted by molar-refractivity contribution is -0.0511. The van der Waals surface area contributed by atoms with Gasteiger partial charge in [-0.3, -0.25) is 14.3 Å². The lowest BCUT2D eigenvalue weighted by Gasteiger charge is -2.16. The van der Waals surface area contributed by atoms with Crippen LogP contribution in [0.2, 0.25) is 0 Å². The van der Waals surface area contributed by atoms with Crippen molar-refractivity contribution < 1.29 is 20.1 Å². The van der Waals surface area contributed by atoms with E-state index in [1.165, 1.54) is 15.6 Å². The number of ether oxygens (including phenoxy) is 1. The van der Waals surface area contributed by atoms with Crippen molar-refractivity contribution in [1.82, 2.24) is 34.5 Å². The van der Waals surface area contributed by atoms with Gasteiger partial charge < -0.3 is 20.1 Å². The van der Waals surface area contributed by atoms with Crippen LogP contribution in [0.25, 0.3) is 17.1 Å². The second-order valence-electron chi connectivity index (χ2n) is 6.66. The minimum Gasteiger partial charge on any atom is -0.394 e. The SMILES string of the molecule is O=c1[nH]c(-n2cc([C]3[CH][CH][CH][CH]3)nn2)nc2c1ncn2[C@@H]1O[C@H](CO)[C@@H](O)[C@H]1O. The summed E-state index contributed by atoms with van der Waals surface area (Å²) in [6, 6.07) is 0. The van der Waals surface area contributed by atoms with E-state index in [1.807, 2.05) is 25.7 Å². The summed E-state index contributed by atoms with van der Waals surface area (Å²) < 4.78 is 8.17. The van der Waals surface area contributed by atoms with E-state index < -0.39 is 36.7 Å². The molecular weight excluding hydrogens is 382 g/mol. The molecule has 3 aromatic heterocycles. The summed E-state index contributed by atoms with van der Waals surface area (Å²) in [6.07, 6.45) is 5.77. The summed E-state index contributed by atoms with van der Waals surface area (Å²) >= 11 is 0. The van der Waals surface area contributed by atoms with Crippen LogP contribution in [0.3, 0.4) is 0 Å². The van der Waals surface area contributed by atoms with Crippen molar-refractivity contribution >= 4 is 11.2 Å². The van der Waals surface area contributed by atoms with Gasteiger partial charge in [0.05, 0.1) is 24.8 Å². The minimum absolute atomic E-state index is 0.0304. The molecule has 12 nitrogen and oxygen atoms in total. The van der Waals surface area contributed by atoms with Gasteiger partial charge in [-0.1, -0.05) is 5.21 Å². The van der Waals surface area contributed by atoms with Gasteiger partial charge >= 0.3 is 0 Å². The first-order valence-electron chi connectivity index (χ1n) is 8.81. The summed E-state index contributed by atoms with van der Waals surface area (Å²) in [4.78, 5) is 23.5. The number of hydrogen-bond donors (Lipinski definition) is 4. The highest BCUT2D eigenvalue weighted by Crippen LogP contribution is 2.31. The number of fused-ring (bicyclic) bond motifs is 1. The molecule has 4 heterocycles. The molecule has 1 saturated heterocycles. The van der Waals surface area contributed by atoms with Crippen molar-refractivity contribution in [1.29, 1.82) is 0 Å². The number of nitrogens with zero attached hydrogens (tertiary/aromatic N) is 6. The third-order valence-corrected chi connectivity index (χ3v) is 4.88. The molecule has 4 N–H and O–H groups in total. The Kier molecular flexibility index (Phi) is 4.42. The van der Waals surface area contributed by atoms with Crippen LogP contribution in [-0.4, -0.2) is 74.8 Å². The highest BCUT2D eigenvalue weighted by atomic mass is 16.6. The Morgan fingerprint density at radius 2 is 2.00 bits per heavy atom. The van der Waals surface area contributed by atoms with Gasteiger partial charge in [0, 0.05) is 5.92 Å². The third kappa shape index (κ3) is 2.95. The molecule has 29 heavy (non-hydrogen) atoms. The molecule has 5 radical (unpaired) electrons. The van der Waals surface area contributed by atoms with Gasteiger partial charge in [0.1, 0.15) is 18.3 Å². The number of hydrogen-bond acceptors (Lipinski definition) is 9. The van der Waals surface area contributed by atoms with Crippen molar-refractivity contribution in [2.24, 2.45) is 0 Å². The number of H-pyrrole nitrogens is 1. The van der Waals surface area contributed by atoms with E-state index in [0.29, 0.717) is 5.69 Å². The van der Waals surface area contributed by atoms with E-state index >= 15 is 0 Å². The second-order valence-corrected chi connectivity index (χ2v) is 6.66. The monoisotopic (exact) mass is 398 g/mol. The fourth-order valence-corrected chi connectivity index (χ4v) is 3.36. The van der Waals surface area contributed by atoms with Crippen LogP contribution in [0.15, 0.2) is 17.3 Å². The van der Waals surface area contributed by atoms with Crippen LogP contribution in [0, 0.1) is 31.6 Å². The Hall–Kier alpha value is -2.67. The van der Waals surface area contributed by atoms with Gasteiger partial charge in [0.25, 0.3) is 5.56 Å². The maximum absolute atomic E-state index is 12.5. The molecule has 1 aliphatic carbocycles. The third-order valence-electron chi connectivity index (χ3n) is 4.88. The number of nitrogens with one attached hydrogen (secondary N) is 1. The fraction of sp³-hybridized carbons (Fsp3) is 0.294. The second kappa shape index (κ2) is 6.99. The number of imidazole rings is 1. The molecule has 0 aromatic carbocycles. The van der Waals surface area contributed by atoms with Crippen LogP contribution >= 0.6 is 0 Å². The number of aromatic amines is 1. The molecule has 0 unspecified atom stereocenters. The van der Waals surface area contributed by atoms with Gasteiger partial charge in [-0.05, 0) is 25.7 Å². The molecule has 2 fully saturated rings. The quantitative estimate of drug-likeness (QED) is 0.391. The Morgan fingerprint density at radius 1 is 1.21 bits per heavy atom. The van der Waals surface area contributed by atoms with Crippen LogP contribution in [0.5, 0.6) is 0 Å². The van der Waals surface area contributed by atoms with Crippen molar-refractivity contribution in [3.8, 4) is 5.95 Å². The van der Waals surface area contributed by atoms with E-state index in [0.717, 1.165) is 5.92 Å². The molecule has 1 saturated carbocycles. The smallest absolute Gasteiger partial charge is 0.280 e. The average Bonchev–Trinajstić information content (AvgIpc) is 3.49. The first-order valence-corrected chi connectivity index (χ1v) is 8.81. The molecule has 12 heteroatoms. The zero-order valence-corrected chi connectivity index (χ0v) is 14.8. The van der Waals surface area contributed by atoms with E-state index in [2.05, 4.69) is 25.3 Å². The number of aromatic nitrogens is 7. The largest absolute Gasteiger partial charge is 0.394 e. The molecular formula is C17H16N7O5. The number of aliphatic hydroxyl groups is 3. The zero-order valence-electron chi connectivity index (χ0n) is 14.8. The molecule has 2 aliphatic rings. The summed E-state index contributed by atoms with van der Waals surface area (Å²) in [5.41, 5.74) is 0.252. The Labute approximate surface area is 163 Å². The summed E-state index contributed by atoms with van der Waals surface area (Å²) in [5, 5.41) is 37.7. The summed E-state index contributed by atoms with van der Waals surface area (Å²) in [7, 11) is 0. The normalized spacial score (nSPS) is 28.0. The zero-order chi connectivity index (χ0) is 20.1. The van der Waals surface area contributed by atoms with Crippen LogP contribution in [-0.2, 0) is 4.74 Å². The Morgan fingerprint density at radius 3 is 2.72 bits per heavy atom. The van der Waals surface area contributed by atoms with E-state index in [4.69, 9.17) is 4.74 Å². The molecule has 5 rings (SSSR count). The van der Waals surface area contributed by atoms with Crippen molar-refractivity contribution in [2.75, 3.05) is 6.61 Å². The topological polar surface area (TPSA) is 164 Å². The van der Waals surface area contributed by atoms with E-state index in [9.17, 15) is 20.1 Å². The van der Waals surface area contributed by atoms with Gasteiger partial charge in [0.2, 0.25) is 5.95 Å². The molecule has 0 bridgehead atoms. The predicted octanol–water partition coefficient (Wildman–Crippen LogP) is -1.93. The standard InChI is InChI=1S/C17H16N7O5/c25-6-10-12(26)13(27)16(29-10)23-7-18-11-14(23)19-17(20-15(11)28)24-5-9(21-22-24)8-3-1-2-4-8/h1-5,7,10,12-13,16,25-27H,6H2,(H,19,20,28)/t10-,12-,13-,16-/m1/s1. The Balaban J connectivity index is 1.54. The first kappa shape index (κ1) is 18.4. The van der Waals surface area contributed by atoms with E-state index in [1.54, 1.807) is 6.20 Å². The van der Waals surface area contributed by atoms with Crippen LogP contribution in [0.1, 0.15) is 11.9 Å². The summed E-state index contributed by atoms with van der Waals surface area (Å²) in [5.74, 6) is 0.970. The van der Waals surface area contributed by atoms with Crippen molar-refractivity contribution in [3.63, 3.8) is 0 Å². The lowest BCUT2D eigenvalue weighted by atomic mass is 10.1. The van der Waals surface area contributed by atoms with E-state index in [-0.39, 0.29) is 17.1 Å². The highest BCUT2D eigenvalue weighted by Gasteiger charge is 2.44. The van der Waals surface area contributed by atoms with Gasteiger partial charge in [0.15, 0.2) is 17.4 Å². The fourth-order valence-electron chi connectivity index (χ4n) is 3.36. The van der Waals surface area contributed by atoms with Crippen LogP contribution in [0.4, 0.5) is 0 Å². The average molecular weight is 398 g/mol. The maximum atomic E-state index is 12.5.